The Morgan fingerprint density at radius 1 is 1.11 bits per heavy atom. The zero-order valence-corrected chi connectivity index (χ0v) is 10.1. The van der Waals surface area contributed by atoms with Crippen LogP contribution in [-0.4, -0.2) is 13.2 Å². The summed E-state index contributed by atoms with van der Waals surface area (Å²) < 4.78 is 11.3. The molecule has 3 nitrogen and oxygen atoms in total. The maximum atomic E-state index is 5.75. The van der Waals surface area contributed by atoms with E-state index in [0.29, 0.717) is 13.2 Å². The molecule has 0 fully saturated rings. The first-order valence-electron chi connectivity index (χ1n) is 6.09. The molecular formula is C15H15NO2. The van der Waals surface area contributed by atoms with Gasteiger partial charge in [-0.2, -0.15) is 0 Å². The monoisotopic (exact) mass is 241 g/mol. The zero-order chi connectivity index (χ0) is 12.2. The Hall–Kier alpha value is -2.16. The Kier molecular flexibility index (Phi) is 3.05. The van der Waals surface area contributed by atoms with E-state index < -0.39 is 0 Å². The molecule has 18 heavy (non-hydrogen) atoms. The van der Waals surface area contributed by atoms with E-state index in [1.165, 1.54) is 0 Å². The molecule has 0 bridgehead atoms. The van der Waals surface area contributed by atoms with E-state index in [4.69, 9.17) is 9.47 Å². The second-order valence-corrected chi connectivity index (χ2v) is 4.21. The van der Waals surface area contributed by atoms with Gasteiger partial charge in [0.15, 0.2) is 0 Å². The van der Waals surface area contributed by atoms with Crippen molar-refractivity contribution in [1.29, 1.82) is 0 Å². The second kappa shape index (κ2) is 5.00. The van der Waals surface area contributed by atoms with Crippen molar-refractivity contribution in [3.63, 3.8) is 0 Å². The molecule has 0 aromatic heterocycles. The number of ether oxygens (including phenoxy) is 2. The van der Waals surface area contributed by atoms with Crippen LogP contribution in [0.2, 0.25) is 0 Å². The van der Waals surface area contributed by atoms with Crippen molar-refractivity contribution < 1.29 is 9.47 Å². The van der Waals surface area contributed by atoms with Crippen LogP contribution in [0.5, 0.6) is 11.5 Å². The second-order valence-electron chi connectivity index (χ2n) is 4.21. The molecule has 0 radical (unpaired) electrons. The van der Waals surface area contributed by atoms with Gasteiger partial charge in [-0.25, -0.2) is 0 Å². The quantitative estimate of drug-likeness (QED) is 0.895. The lowest BCUT2D eigenvalue weighted by molar-refractivity contribution is 0.296. The lowest BCUT2D eigenvalue weighted by atomic mass is 10.2. The van der Waals surface area contributed by atoms with Crippen LogP contribution in [0, 0.1) is 0 Å². The summed E-state index contributed by atoms with van der Waals surface area (Å²) in [4.78, 5) is 0. The van der Waals surface area contributed by atoms with Crippen LogP contribution in [0.15, 0.2) is 48.5 Å². The lowest BCUT2D eigenvalue weighted by Crippen LogP contribution is -2.17. The molecule has 0 spiro atoms. The molecule has 1 aliphatic rings. The highest BCUT2D eigenvalue weighted by molar-refractivity contribution is 5.60. The number of anilines is 1. The molecule has 0 unspecified atom stereocenters. The van der Waals surface area contributed by atoms with E-state index in [1.54, 1.807) is 0 Å². The Labute approximate surface area is 106 Å². The highest BCUT2D eigenvalue weighted by Gasteiger charge is 2.10. The number of fused-ring (bicyclic) bond motifs is 1. The van der Waals surface area contributed by atoms with Gasteiger partial charge in [0.1, 0.15) is 24.7 Å². The first-order chi connectivity index (χ1) is 8.92. The molecule has 3 heteroatoms. The molecule has 0 saturated carbocycles. The van der Waals surface area contributed by atoms with Crippen molar-refractivity contribution in [3.05, 3.63) is 54.1 Å². The minimum Gasteiger partial charge on any atom is -0.489 e. The Morgan fingerprint density at radius 3 is 2.89 bits per heavy atom. The SMILES string of the molecule is c1ccc(COc2ccc3c(c2)OCCN3)cc1. The van der Waals surface area contributed by atoms with E-state index in [9.17, 15) is 0 Å². The van der Waals surface area contributed by atoms with E-state index in [-0.39, 0.29) is 0 Å². The molecular weight excluding hydrogens is 226 g/mol. The van der Waals surface area contributed by atoms with E-state index in [0.717, 1.165) is 29.3 Å². The number of hydrogen-bond acceptors (Lipinski definition) is 3. The van der Waals surface area contributed by atoms with Crippen molar-refractivity contribution in [1.82, 2.24) is 0 Å². The molecule has 1 heterocycles. The standard InChI is InChI=1S/C15H15NO2/c1-2-4-12(5-3-1)11-18-13-6-7-14-15(10-13)17-9-8-16-14/h1-7,10,16H,8-9,11H2. The van der Waals surface area contributed by atoms with Crippen LogP contribution in [0.25, 0.3) is 0 Å². The molecule has 1 N–H and O–H groups in total. The average molecular weight is 241 g/mol. The van der Waals surface area contributed by atoms with E-state index in [2.05, 4.69) is 17.4 Å². The van der Waals surface area contributed by atoms with Crippen LogP contribution >= 0.6 is 0 Å². The molecule has 2 aromatic carbocycles. The summed E-state index contributed by atoms with van der Waals surface area (Å²) >= 11 is 0. The lowest BCUT2D eigenvalue weighted by Gasteiger charge is -2.19. The van der Waals surface area contributed by atoms with Gasteiger partial charge in [-0.15, -0.1) is 0 Å². The van der Waals surface area contributed by atoms with E-state index in [1.807, 2.05) is 36.4 Å². The molecule has 0 saturated heterocycles. The van der Waals surface area contributed by atoms with Gasteiger partial charge in [-0.1, -0.05) is 30.3 Å². The summed E-state index contributed by atoms with van der Waals surface area (Å²) in [5.41, 5.74) is 2.20. The number of nitrogens with one attached hydrogen (secondary N) is 1. The summed E-state index contributed by atoms with van der Waals surface area (Å²) in [5, 5.41) is 3.28. The molecule has 3 rings (SSSR count). The first-order valence-corrected chi connectivity index (χ1v) is 6.09. The van der Waals surface area contributed by atoms with Gasteiger partial charge < -0.3 is 14.8 Å². The molecule has 92 valence electrons. The predicted molar refractivity (Wildman–Crippen MR) is 71.2 cm³/mol. The molecule has 2 aromatic rings. The van der Waals surface area contributed by atoms with Crippen LogP contribution in [0.3, 0.4) is 0 Å². The number of hydrogen-bond donors (Lipinski definition) is 1. The van der Waals surface area contributed by atoms with Gasteiger partial charge in [0, 0.05) is 12.6 Å². The summed E-state index contributed by atoms with van der Waals surface area (Å²) in [6.45, 7) is 2.14. The van der Waals surface area contributed by atoms with Crippen molar-refractivity contribution >= 4 is 5.69 Å². The smallest absolute Gasteiger partial charge is 0.146 e. The van der Waals surface area contributed by atoms with Crippen molar-refractivity contribution in [2.24, 2.45) is 0 Å². The Morgan fingerprint density at radius 2 is 2.00 bits per heavy atom. The third-order valence-electron chi connectivity index (χ3n) is 2.88. The van der Waals surface area contributed by atoms with Gasteiger partial charge in [0.2, 0.25) is 0 Å². The first kappa shape index (κ1) is 11.0. The third-order valence-corrected chi connectivity index (χ3v) is 2.88. The van der Waals surface area contributed by atoms with Gasteiger partial charge >= 0.3 is 0 Å². The maximum Gasteiger partial charge on any atom is 0.146 e. The summed E-state index contributed by atoms with van der Waals surface area (Å²) in [5.74, 6) is 1.70. The number of benzene rings is 2. The zero-order valence-electron chi connectivity index (χ0n) is 10.1. The van der Waals surface area contributed by atoms with Gasteiger partial charge in [0.05, 0.1) is 5.69 Å². The van der Waals surface area contributed by atoms with Crippen LogP contribution in [0.1, 0.15) is 5.56 Å². The number of rotatable bonds is 3. The van der Waals surface area contributed by atoms with E-state index >= 15 is 0 Å². The third kappa shape index (κ3) is 2.40. The fourth-order valence-electron chi connectivity index (χ4n) is 1.95. The largest absolute Gasteiger partial charge is 0.489 e. The highest BCUT2D eigenvalue weighted by Crippen LogP contribution is 2.31. The highest BCUT2D eigenvalue weighted by atomic mass is 16.5. The Bertz CT molecular complexity index is 525. The minimum atomic E-state index is 0.576. The molecule has 0 atom stereocenters. The van der Waals surface area contributed by atoms with Crippen molar-refractivity contribution in [2.45, 2.75) is 6.61 Å². The summed E-state index contributed by atoms with van der Waals surface area (Å²) in [6.07, 6.45) is 0. The maximum absolute atomic E-state index is 5.75. The molecule has 0 aliphatic carbocycles. The fourth-order valence-corrected chi connectivity index (χ4v) is 1.95. The van der Waals surface area contributed by atoms with Crippen LogP contribution in [0.4, 0.5) is 5.69 Å². The van der Waals surface area contributed by atoms with Gasteiger partial charge in [-0.3, -0.25) is 0 Å². The van der Waals surface area contributed by atoms with Gasteiger partial charge in [-0.05, 0) is 17.7 Å². The van der Waals surface area contributed by atoms with Crippen molar-refractivity contribution in [3.8, 4) is 11.5 Å². The van der Waals surface area contributed by atoms with Crippen LogP contribution < -0.4 is 14.8 Å². The normalized spacial score (nSPS) is 13.1. The van der Waals surface area contributed by atoms with Gasteiger partial charge in [0.25, 0.3) is 0 Å². The Balaban J connectivity index is 1.70. The fraction of sp³-hybridized carbons (Fsp3) is 0.200. The molecule has 0 amide bonds. The predicted octanol–water partition coefficient (Wildman–Crippen LogP) is 3.07. The van der Waals surface area contributed by atoms with Crippen LogP contribution in [-0.2, 0) is 6.61 Å². The minimum absolute atomic E-state index is 0.576. The molecule has 1 aliphatic heterocycles. The average Bonchev–Trinajstić information content (AvgIpc) is 2.46. The summed E-state index contributed by atoms with van der Waals surface area (Å²) in [6, 6.07) is 16.0. The topological polar surface area (TPSA) is 30.5 Å². The summed E-state index contributed by atoms with van der Waals surface area (Å²) in [7, 11) is 0. The van der Waals surface area contributed by atoms with Crippen molar-refractivity contribution in [2.75, 3.05) is 18.5 Å².